The molecule has 5 heteroatoms. The van der Waals surface area contributed by atoms with Crippen LogP contribution in [-0.4, -0.2) is 47.5 Å². The fraction of sp³-hybridized carbons (Fsp3) is 0.676. The molecule has 4 fully saturated rings. The van der Waals surface area contributed by atoms with E-state index in [1.807, 2.05) is 30.0 Å². The van der Waals surface area contributed by atoms with Gasteiger partial charge in [-0.1, -0.05) is 56.7 Å². The Balaban J connectivity index is 1.38. The second kappa shape index (κ2) is 10.2. The number of aldehydes is 1. The molecule has 4 nitrogen and oxygen atoms in total. The van der Waals surface area contributed by atoms with Crippen LogP contribution in [0.15, 0.2) is 48.1 Å². The lowest BCUT2D eigenvalue weighted by atomic mass is 9.50. The predicted molar refractivity (Wildman–Crippen MR) is 158 cm³/mol. The number of ether oxygens (including phenoxy) is 2. The Morgan fingerprint density at radius 1 is 1.08 bits per heavy atom. The van der Waals surface area contributed by atoms with E-state index in [2.05, 4.69) is 39.5 Å². The summed E-state index contributed by atoms with van der Waals surface area (Å²) in [6, 6.07) is 8.29. The monoisotopic (exact) mass is 550 g/mol. The van der Waals surface area contributed by atoms with Crippen molar-refractivity contribution in [2.24, 2.45) is 28.6 Å². The minimum absolute atomic E-state index is 0.0137. The maximum Gasteiger partial charge on any atom is 0.171 e. The zero-order chi connectivity index (χ0) is 27.5. The summed E-state index contributed by atoms with van der Waals surface area (Å²) >= 11 is 2.03. The Labute approximate surface area is 239 Å². The summed E-state index contributed by atoms with van der Waals surface area (Å²) in [7, 11) is 0. The van der Waals surface area contributed by atoms with Crippen LogP contribution in [0.4, 0.5) is 0 Å². The summed E-state index contributed by atoms with van der Waals surface area (Å²) in [4.78, 5) is 11.4. The summed E-state index contributed by atoms with van der Waals surface area (Å²) in [5, 5.41) is 12.3. The van der Waals surface area contributed by atoms with Crippen LogP contribution < -0.4 is 0 Å². The maximum absolute atomic E-state index is 12.3. The molecule has 1 aliphatic heterocycles. The molecule has 0 aromatic heterocycles. The molecule has 0 bridgehead atoms. The average Bonchev–Trinajstić information content (AvgIpc) is 3.25. The molecule has 6 unspecified atom stereocenters. The molecule has 0 amide bonds. The highest BCUT2D eigenvalue weighted by Gasteiger charge is 2.60. The van der Waals surface area contributed by atoms with Crippen LogP contribution in [-0.2, 0) is 9.47 Å². The Bertz CT molecular complexity index is 1130. The van der Waals surface area contributed by atoms with Crippen molar-refractivity contribution >= 4 is 18.0 Å². The van der Waals surface area contributed by atoms with Gasteiger partial charge in [0.15, 0.2) is 5.79 Å². The molecule has 1 saturated heterocycles. The minimum Gasteiger partial charge on any atom is -0.385 e. The van der Waals surface area contributed by atoms with E-state index < -0.39 is 11.4 Å². The van der Waals surface area contributed by atoms with E-state index in [9.17, 15) is 9.90 Å². The first-order chi connectivity index (χ1) is 18.6. The molecule has 1 aromatic carbocycles. The molecule has 5 aliphatic rings. The molecule has 212 valence electrons. The van der Waals surface area contributed by atoms with Crippen LogP contribution in [0, 0.1) is 28.6 Å². The van der Waals surface area contributed by atoms with Gasteiger partial charge in [-0.25, -0.2) is 0 Å². The van der Waals surface area contributed by atoms with Crippen molar-refractivity contribution in [3.8, 4) is 0 Å². The first-order valence-corrected chi connectivity index (χ1v) is 16.2. The van der Waals surface area contributed by atoms with Gasteiger partial charge in [-0.15, -0.1) is 6.58 Å². The highest BCUT2D eigenvalue weighted by molar-refractivity contribution is 7.99. The van der Waals surface area contributed by atoms with Crippen molar-refractivity contribution < 1.29 is 19.4 Å². The van der Waals surface area contributed by atoms with Crippen LogP contribution in [0.2, 0.25) is 0 Å². The van der Waals surface area contributed by atoms with Gasteiger partial charge in [0.05, 0.1) is 18.8 Å². The summed E-state index contributed by atoms with van der Waals surface area (Å²) in [5.74, 6) is 3.73. The normalized spacial score (nSPS) is 38.6. The second-order valence-electron chi connectivity index (χ2n) is 14.2. The molecule has 6 rings (SSSR count). The van der Waals surface area contributed by atoms with E-state index in [4.69, 9.17) is 9.47 Å². The van der Waals surface area contributed by atoms with Crippen LogP contribution in [0.3, 0.4) is 0 Å². The molecule has 39 heavy (non-hydrogen) atoms. The molecule has 1 heterocycles. The number of fused-ring (bicyclic) bond motifs is 4. The number of aliphatic hydroxyl groups is 1. The van der Waals surface area contributed by atoms with Gasteiger partial charge in [-0.2, -0.15) is 11.8 Å². The lowest BCUT2D eigenvalue weighted by Crippen LogP contribution is -2.57. The lowest BCUT2D eigenvalue weighted by Gasteiger charge is -2.58. The van der Waals surface area contributed by atoms with E-state index in [0.29, 0.717) is 37.4 Å². The Hall–Kier alpha value is -1.40. The van der Waals surface area contributed by atoms with E-state index in [1.54, 1.807) is 0 Å². The molecule has 1 spiro atoms. The number of carbonyl (C=O) groups is 1. The van der Waals surface area contributed by atoms with E-state index in [-0.39, 0.29) is 16.7 Å². The van der Waals surface area contributed by atoms with Crippen molar-refractivity contribution in [1.29, 1.82) is 0 Å². The molecule has 3 saturated carbocycles. The lowest BCUT2D eigenvalue weighted by molar-refractivity contribution is -0.322. The van der Waals surface area contributed by atoms with Crippen molar-refractivity contribution in [2.75, 3.05) is 24.7 Å². The summed E-state index contributed by atoms with van der Waals surface area (Å²) in [6.45, 7) is 12.2. The Kier molecular flexibility index (Phi) is 7.22. The largest absolute Gasteiger partial charge is 0.385 e. The molecular weight excluding hydrogens is 504 g/mol. The van der Waals surface area contributed by atoms with Gasteiger partial charge >= 0.3 is 0 Å². The van der Waals surface area contributed by atoms with Gasteiger partial charge < -0.3 is 14.6 Å². The average molecular weight is 551 g/mol. The fourth-order valence-electron chi connectivity index (χ4n) is 9.03. The van der Waals surface area contributed by atoms with Crippen LogP contribution >= 0.6 is 11.8 Å². The zero-order valence-corrected chi connectivity index (χ0v) is 24.9. The smallest absolute Gasteiger partial charge is 0.171 e. The first kappa shape index (κ1) is 27.8. The minimum atomic E-state index is -0.863. The van der Waals surface area contributed by atoms with Gasteiger partial charge in [-0.3, -0.25) is 4.79 Å². The standard InChI is InChI=1S/C34H46O4S/c1-5-16-39-19-25-10-11-28-26-12-14-33(36)20-34(37-21-31(2,3)22-38-34)15-13-29(33)30(26)27(17-32(25,28)4)24-8-6-23(18-35)7-9-24/h5-9,18,25-28,36H,1,10-17,19-22H2,2-4H3. The van der Waals surface area contributed by atoms with Gasteiger partial charge in [0.2, 0.25) is 0 Å². The highest BCUT2D eigenvalue weighted by Crippen LogP contribution is 2.67. The predicted octanol–water partition coefficient (Wildman–Crippen LogP) is 7.33. The van der Waals surface area contributed by atoms with Crippen molar-refractivity contribution in [3.63, 3.8) is 0 Å². The third kappa shape index (κ3) is 4.79. The Morgan fingerprint density at radius 3 is 2.51 bits per heavy atom. The number of rotatable bonds is 6. The van der Waals surface area contributed by atoms with Gasteiger partial charge in [0.1, 0.15) is 6.29 Å². The fourth-order valence-corrected chi connectivity index (χ4v) is 10.2. The van der Waals surface area contributed by atoms with Gasteiger partial charge in [-0.05, 0) is 78.6 Å². The van der Waals surface area contributed by atoms with E-state index in [1.165, 1.54) is 35.3 Å². The highest BCUT2D eigenvalue weighted by atomic mass is 32.2. The van der Waals surface area contributed by atoms with Crippen molar-refractivity contribution in [2.45, 2.75) is 89.4 Å². The summed E-state index contributed by atoms with van der Waals surface area (Å²) in [6.07, 6.45) is 10.7. The number of carbonyl (C=O) groups excluding carboxylic acids is 1. The van der Waals surface area contributed by atoms with Crippen molar-refractivity contribution in [1.82, 2.24) is 0 Å². The number of benzene rings is 1. The molecule has 1 aromatic rings. The Morgan fingerprint density at radius 2 is 1.82 bits per heavy atom. The summed E-state index contributed by atoms with van der Waals surface area (Å²) < 4.78 is 12.8. The van der Waals surface area contributed by atoms with Gasteiger partial charge in [0.25, 0.3) is 0 Å². The quantitative estimate of drug-likeness (QED) is 0.228. The maximum atomic E-state index is 12.3. The number of hydrogen-bond acceptors (Lipinski definition) is 5. The van der Waals surface area contributed by atoms with E-state index in [0.717, 1.165) is 49.7 Å². The van der Waals surface area contributed by atoms with E-state index >= 15 is 0 Å². The molecule has 1 N–H and O–H groups in total. The van der Waals surface area contributed by atoms with Crippen LogP contribution in [0.1, 0.15) is 94.0 Å². The van der Waals surface area contributed by atoms with Gasteiger partial charge in [0, 0.05) is 35.5 Å². The molecular formula is C34H46O4S. The number of hydrogen-bond donors (Lipinski definition) is 1. The second-order valence-corrected chi connectivity index (χ2v) is 15.3. The summed E-state index contributed by atoms with van der Waals surface area (Å²) in [5.41, 5.74) is 4.27. The SMILES string of the molecule is C=CCSCC1CCC2C3CCC4(O)CC5(CCC4=C3C(c3ccc(C=O)cc3)CC12C)OCC(C)(C)CO5. The zero-order valence-electron chi connectivity index (χ0n) is 24.0. The molecule has 4 aliphatic carbocycles. The third-order valence-electron chi connectivity index (χ3n) is 11.1. The van der Waals surface area contributed by atoms with Crippen LogP contribution in [0.5, 0.6) is 0 Å². The first-order valence-electron chi connectivity index (χ1n) is 15.1. The van der Waals surface area contributed by atoms with Crippen LogP contribution in [0.25, 0.3) is 0 Å². The number of thioether (sulfide) groups is 1. The molecule has 0 radical (unpaired) electrons. The number of allylic oxidation sites excluding steroid dienone is 1. The van der Waals surface area contributed by atoms with Crippen molar-refractivity contribution in [3.05, 3.63) is 59.2 Å². The molecule has 6 atom stereocenters. The third-order valence-corrected chi connectivity index (χ3v) is 12.2. The topological polar surface area (TPSA) is 55.8 Å².